The summed E-state index contributed by atoms with van der Waals surface area (Å²) in [7, 11) is 0. The molecule has 0 unspecified atom stereocenters. The quantitative estimate of drug-likeness (QED) is 0.561. The predicted octanol–water partition coefficient (Wildman–Crippen LogP) is 4.25. The standard InChI is InChI=1S/C18H11N3/c19-11-13-10-16-17(12-6-2-1-3-7-12)20-21-18(16)15-9-5-4-8-14(13)15/h1-10H,(H,20,21). The predicted molar refractivity (Wildman–Crippen MR) is 83.8 cm³/mol. The Morgan fingerprint density at radius 3 is 2.33 bits per heavy atom. The number of nitrogens with zero attached hydrogens (tertiary/aromatic N) is 2. The molecule has 0 saturated heterocycles. The van der Waals surface area contributed by atoms with Crippen molar-refractivity contribution in [2.45, 2.75) is 0 Å². The Kier molecular flexibility index (Phi) is 2.48. The summed E-state index contributed by atoms with van der Waals surface area (Å²) in [6.45, 7) is 0. The summed E-state index contributed by atoms with van der Waals surface area (Å²) < 4.78 is 0. The van der Waals surface area contributed by atoms with E-state index in [1.165, 1.54) is 0 Å². The van der Waals surface area contributed by atoms with E-state index < -0.39 is 0 Å². The maximum atomic E-state index is 9.41. The van der Waals surface area contributed by atoms with Gasteiger partial charge in [0.05, 0.1) is 22.8 Å². The van der Waals surface area contributed by atoms with E-state index in [1.54, 1.807) is 0 Å². The second-order valence-corrected chi connectivity index (χ2v) is 4.94. The molecule has 1 aromatic heterocycles. The highest BCUT2D eigenvalue weighted by molar-refractivity contribution is 6.11. The Balaban J connectivity index is 2.14. The molecule has 0 atom stereocenters. The highest BCUT2D eigenvalue weighted by Gasteiger charge is 2.13. The Morgan fingerprint density at radius 2 is 1.57 bits per heavy atom. The second-order valence-electron chi connectivity index (χ2n) is 4.94. The number of H-pyrrole nitrogens is 1. The number of nitrogens with one attached hydrogen (secondary N) is 1. The lowest BCUT2D eigenvalue weighted by Gasteiger charge is -2.03. The molecule has 0 aliphatic carbocycles. The van der Waals surface area contributed by atoms with Crippen LogP contribution in [0.25, 0.3) is 32.9 Å². The third-order valence-corrected chi connectivity index (χ3v) is 3.75. The van der Waals surface area contributed by atoms with Gasteiger partial charge in [0.1, 0.15) is 0 Å². The molecule has 4 rings (SSSR count). The van der Waals surface area contributed by atoms with Gasteiger partial charge in [0.15, 0.2) is 0 Å². The summed E-state index contributed by atoms with van der Waals surface area (Å²) in [5.74, 6) is 0. The van der Waals surface area contributed by atoms with Crippen LogP contribution in [0, 0.1) is 11.3 Å². The molecule has 1 heterocycles. The van der Waals surface area contributed by atoms with Gasteiger partial charge in [0, 0.05) is 21.7 Å². The average Bonchev–Trinajstić information content (AvgIpc) is 2.99. The minimum absolute atomic E-state index is 0.677. The molecule has 0 aliphatic heterocycles. The lowest BCUT2D eigenvalue weighted by Crippen LogP contribution is -1.82. The van der Waals surface area contributed by atoms with E-state index in [-0.39, 0.29) is 0 Å². The Hall–Kier alpha value is -3.12. The van der Waals surface area contributed by atoms with Crippen LogP contribution in [0.4, 0.5) is 0 Å². The zero-order valence-corrected chi connectivity index (χ0v) is 11.2. The lowest BCUT2D eigenvalue weighted by atomic mass is 9.99. The SMILES string of the molecule is N#Cc1cc2c(-c3ccccc3)n[nH]c2c2ccccc12. The highest BCUT2D eigenvalue weighted by atomic mass is 15.1. The van der Waals surface area contributed by atoms with Crippen molar-refractivity contribution in [2.24, 2.45) is 0 Å². The summed E-state index contributed by atoms with van der Waals surface area (Å²) in [6.07, 6.45) is 0. The fourth-order valence-electron chi connectivity index (χ4n) is 2.76. The van der Waals surface area contributed by atoms with Crippen LogP contribution in [0.5, 0.6) is 0 Å². The van der Waals surface area contributed by atoms with E-state index in [1.807, 2.05) is 60.7 Å². The first-order valence-corrected chi connectivity index (χ1v) is 6.74. The molecule has 3 aromatic carbocycles. The van der Waals surface area contributed by atoms with Crippen molar-refractivity contribution in [1.82, 2.24) is 10.2 Å². The molecule has 3 nitrogen and oxygen atoms in total. The molecular weight excluding hydrogens is 258 g/mol. The maximum absolute atomic E-state index is 9.41. The lowest BCUT2D eigenvalue weighted by molar-refractivity contribution is 1.13. The molecule has 0 spiro atoms. The van der Waals surface area contributed by atoms with Crippen LogP contribution in [0.2, 0.25) is 0 Å². The molecule has 4 aromatic rings. The molecule has 0 bridgehead atoms. The summed E-state index contributed by atoms with van der Waals surface area (Å²) in [5, 5.41) is 20.0. The monoisotopic (exact) mass is 269 g/mol. The van der Waals surface area contributed by atoms with Crippen molar-refractivity contribution in [3.63, 3.8) is 0 Å². The fraction of sp³-hybridized carbons (Fsp3) is 0. The number of hydrogen-bond donors (Lipinski definition) is 1. The van der Waals surface area contributed by atoms with E-state index in [4.69, 9.17) is 0 Å². The molecule has 3 heteroatoms. The average molecular weight is 269 g/mol. The number of benzene rings is 3. The van der Waals surface area contributed by atoms with Gasteiger partial charge in [-0.15, -0.1) is 0 Å². The van der Waals surface area contributed by atoms with Crippen LogP contribution in [0.15, 0.2) is 60.7 Å². The largest absolute Gasteiger partial charge is 0.277 e. The number of hydrogen-bond acceptors (Lipinski definition) is 2. The molecule has 0 saturated carbocycles. The van der Waals surface area contributed by atoms with Gasteiger partial charge in [-0.1, -0.05) is 54.6 Å². The minimum atomic E-state index is 0.677. The molecule has 0 amide bonds. The molecule has 98 valence electrons. The summed E-state index contributed by atoms with van der Waals surface area (Å²) in [6, 6.07) is 22.1. The van der Waals surface area contributed by atoms with E-state index >= 15 is 0 Å². The van der Waals surface area contributed by atoms with Gasteiger partial charge in [0.2, 0.25) is 0 Å². The summed E-state index contributed by atoms with van der Waals surface area (Å²) >= 11 is 0. The van der Waals surface area contributed by atoms with Crippen LogP contribution in [0.1, 0.15) is 5.56 Å². The first-order valence-electron chi connectivity index (χ1n) is 6.74. The Labute approximate surface area is 121 Å². The molecule has 1 N–H and O–H groups in total. The fourth-order valence-corrected chi connectivity index (χ4v) is 2.76. The smallest absolute Gasteiger partial charge is 0.1000 e. The van der Waals surface area contributed by atoms with E-state index in [0.29, 0.717) is 5.56 Å². The van der Waals surface area contributed by atoms with Crippen molar-refractivity contribution in [2.75, 3.05) is 0 Å². The van der Waals surface area contributed by atoms with E-state index in [9.17, 15) is 5.26 Å². The number of rotatable bonds is 1. The van der Waals surface area contributed by atoms with Gasteiger partial charge in [-0.05, 0) is 6.07 Å². The van der Waals surface area contributed by atoms with Gasteiger partial charge in [0.25, 0.3) is 0 Å². The van der Waals surface area contributed by atoms with Crippen molar-refractivity contribution >= 4 is 21.7 Å². The van der Waals surface area contributed by atoms with E-state index in [2.05, 4.69) is 16.3 Å². The van der Waals surface area contributed by atoms with Crippen molar-refractivity contribution in [3.05, 3.63) is 66.2 Å². The van der Waals surface area contributed by atoms with Gasteiger partial charge < -0.3 is 0 Å². The number of aromatic nitrogens is 2. The van der Waals surface area contributed by atoms with Gasteiger partial charge in [-0.3, -0.25) is 5.10 Å². The first kappa shape index (κ1) is 11.7. The normalized spacial score (nSPS) is 10.8. The number of nitriles is 1. The van der Waals surface area contributed by atoms with E-state index in [0.717, 1.165) is 32.9 Å². The summed E-state index contributed by atoms with van der Waals surface area (Å²) in [4.78, 5) is 0. The molecular formula is C18H11N3. The molecule has 0 radical (unpaired) electrons. The Bertz CT molecular complexity index is 992. The topological polar surface area (TPSA) is 52.5 Å². The first-order chi connectivity index (χ1) is 10.4. The highest BCUT2D eigenvalue weighted by Crippen LogP contribution is 2.32. The molecule has 0 aliphatic rings. The number of fused-ring (bicyclic) bond motifs is 3. The maximum Gasteiger partial charge on any atom is 0.1000 e. The van der Waals surface area contributed by atoms with Gasteiger partial charge >= 0.3 is 0 Å². The minimum Gasteiger partial charge on any atom is -0.277 e. The van der Waals surface area contributed by atoms with Gasteiger partial charge in [-0.25, -0.2) is 0 Å². The van der Waals surface area contributed by atoms with Crippen LogP contribution >= 0.6 is 0 Å². The van der Waals surface area contributed by atoms with Crippen LogP contribution in [-0.2, 0) is 0 Å². The van der Waals surface area contributed by atoms with Crippen LogP contribution in [0.3, 0.4) is 0 Å². The number of aromatic amines is 1. The molecule has 21 heavy (non-hydrogen) atoms. The van der Waals surface area contributed by atoms with Crippen molar-refractivity contribution in [3.8, 4) is 17.3 Å². The molecule has 0 fully saturated rings. The third kappa shape index (κ3) is 1.70. The summed E-state index contributed by atoms with van der Waals surface area (Å²) in [5.41, 5.74) is 3.58. The van der Waals surface area contributed by atoms with Crippen LogP contribution < -0.4 is 0 Å². The van der Waals surface area contributed by atoms with Crippen molar-refractivity contribution < 1.29 is 0 Å². The van der Waals surface area contributed by atoms with Crippen LogP contribution in [-0.4, -0.2) is 10.2 Å². The zero-order valence-electron chi connectivity index (χ0n) is 11.2. The Morgan fingerprint density at radius 1 is 0.857 bits per heavy atom. The zero-order chi connectivity index (χ0) is 14.2. The third-order valence-electron chi connectivity index (χ3n) is 3.75. The second kappa shape index (κ2) is 4.46. The van der Waals surface area contributed by atoms with Crippen molar-refractivity contribution in [1.29, 1.82) is 5.26 Å². The van der Waals surface area contributed by atoms with Gasteiger partial charge in [-0.2, -0.15) is 10.4 Å².